The fraction of sp³-hybridized carbons (Fsp3) is 0.529. The lowest BCUT2D eigenvalue weighted by molar-refractivity contribution is 0.340. The summed E-state index contributed by atoms with van der Waals surface area (Å²) in [6.07, 6.45) is 5.10. The molecule has 8 heteroatoms. The zero-order valence-electron chi connectivity index (χ0n) is 14.2. The summed E-state index contributed by atoms with van der Waals surface area (Å²) in [5, 5.41) is 8.44. The number of hydrogen-bond donors (Lipinski definition) is 0. The van der Waals surface area contributed by atoms with Crippen molar-refractivity contribution in [1.82, 2.24) is 19.3 Å². The first-order valence-electron chi connectivity index (χ1n) is 8.72. The van der Waals surface area contributed by atoms with E-state index in [1.807, 2.05) is 17.8 Å². The molecule has 4 rings (SSSR count). The monoisotopic (exact) mass is 362 g/mol. The van der Waals surface area contributed by atoms with Crippen LogP contribution in [0.1, 0.15) is 43.8 Å². The molecule has 134 valence electrons. The first-order chi connectivity index (χ1) is 12.1. The first kappa shape index (κ1) is 16.5. The van der Waals surface area contributed by atoms with Gasteiger partial charge in [0.1, 0.15) is 5.75 Å². The largest absolute Gasteiger partial charge is 0.494 e. The van der Waals surface area contributed by atoms with Gasteiger partial charge in [0, 0.05) is 25.2 Å². The van der Waals surface area contributed by atoms with E-state index in [1.165, 1.54) is 17.1 Å². The van der Waals surface area contributed by atoms with Gasteiger partial charge in [0.2, 0.25) is 10.0 Å². The maximum absolute atomic E-state index is 12.8. The van der Waals surface area contributed by atoms with Crippen LogP contribution in [0.3, 0.4) is 0 Å². The van der Waals surface area contributed by atoms with Crippen LogP contribution in [0.4, 0.5) is 0 Å². The Morgan fingerprint density at radius 2 is 1.96 bits per heavy atom. The van der Waals surface area contributed by atoms with Crippen molar-refractivity contribution >= 4 is 10.0 Å². The molecule has 25 heavy (non-hydrogen) atoms. The summed E-state index contributed by atoms with van der Waals surface area (Å²) in [7, 11) is -3.49. The van der Waals surface area contributed by atoms with Gasteiger partial charge in [0.05, 0.1) is 23.2 Å². The summed E-state index contributed by atoms with van der Waals surface area (Å²) in [4.78, 5) is 0.300. The highest BCUT2D eigenvalue weighted by Crippen LogP contribution is 2.39. The van der Waals surface area contributed by atoms with E-state index in [4.69, 9.17) is 4.74 Å². The van der Waals surface area contributed by atoms with E-state index in [1.54, 1.807) is 24.3 Å². The SMILES string of the molecule is CCOc1ccc(S(=O)(=O)N2CCC(n3cc(C4CC4)nn3)C2)cc1. The van der Waals surface area contributed by atoms with Crippen LogP contribution in [0.15, 0.2) is 35.4 Å². The maximum Gasteiger partial charge on any atom is 0.243 e. The van der Waals surface area contributed by atoms with Crippen molar-refractivity contribution in [3.8, 4) is 5.75 Å². The zero-order valence-corrected chi connectivity index (χ0v) is 15.0. The molecular weight excluding hydrogens is 340 g/mol. The number of aromatic nitrogens is 3. The molecule has 0 N–H and O–H groups in total. The smallest absolute Gasteiger partial charge is 0.243 e. The molecule has 7 nitrogen and oxygen atoms in total. The molecule has 2 heterocycles. The van der Waals surface area contributed by atoms with E-state index in [2.05, 4.69) is 10.3 Å². The van der Waals surface area contributed by atoms with Crippen LogP contribution in [0, 0.1) is 0 Å². The minimum Gasteiger partial charge on any atom is -0.494 e. The number of rotatable bonds is 6. The van der Waals surface area contributed by atoms with Crippen LogP contribution in [-0.2, 0) is 10.0 Å². The minimum absolute atomic E-state index is 0.0532. The molecule has 1 saturated carbocycles. The summed E-state index contributed by atoms with van der Waals surface area (Å²) in [5.41, 5.74) is 1.04. The Labute approximate surface area is 147 Å². The van der Waals surface area contributed by atoms with Crippen molar-refractivity contribution in [2.45, 2.75) is 43.0 Å². The number of benzene rings is 1. The Kier molecular flexibility index (Phi) is 4.24. The molecule has 1 atom stereocenters. The van der Waals surface area contributed by atoms with Crippen molar-refractivity contribution in [2.24, 2.45) is 0 Å². The van der Waals surface area contributed by atoms with Crippen molar-refractivity contribution in [3.05, 3.63) is 36.2 Å². The lowest BCUT2D eigenvalue weighted by Gasteiger charge is -2.17. The van der Waals surface area contributed by atoms with Gasteiger partial charge in [0.15, 0.2) is 0 Å². The Morgan fingerprint density at radius 1 is 1.20 bits per heavy atom. The average Bonchev–Trinajstić information content (AvgIpc) is 3.13. The van der Waals surface area contributed by atoms with Crippen molar-refractivity contribution in [1.29, 1.82) is 0 Å². The molecule has 1 aromatic heterocycles. The van der Waals surface area contributed by atoms with Gasteiger partial charge < -0.3 is 4.74 Å². The Bertz CT molecular complexity index is 843. The Hall–Kier alpha value is -1.93. The molecule has 1 saturated heterocycles. The second kappa shape index (κ2) is 6.42. The van der Waals surface area contributed by atoms with E-state index >= 15 is 0 Å². The summed E-state index contributed by atoms with van der Waals surface area (Å²) in [5.74, 6) is 1.23. The second-order valence-electron chi connectivity index (χ2n) is 6.61. The number of hydrogen-bond acceptors (Lipinski definition) is 5. The predicted octanol–water partition coefficient (Wildman–Crippen LogP) is 2.19. The maximum atomic E-state index is 12.8. The summed E-state index contributed by atoms with van der Waals surface area (Å²) >= 11 is 0. The van der Waals surface area contributed by atoms with Crippen molar-refractivity contribution in [3.63, 3.8) is 0 Å². The normalized spacial score (nSPS) is 21.6. The molecule has 2 aliphatic rings. The van der Waals surface area contributed by atoms with Crippen LogP contribution in [0.2, 0.25) is 0 Å². The highest BCUT2D eigenvalue weighted by molar-refractivity contribution is 7.89. The van der Waals surface area contributed by atoms with Crippen LogP contribution < -0.4 is 4.74 Å². The minimum atomic E-state index is -3.49. The molecule has 0 bridgehead atoms. The van der Waals surface area contributed by atoms with Crippen LogP contribution in [-0.4, -0.2) is 47.4 Å². The number of ether oxygens (including phenoxy) is 1. The van der Waals surface area contributed by atoms with Gasteiger partial charge in [-0.2, -0.15) is 4.31 Å². The quantitative estimate of drug-likeness (QED) is 0.787. The van der Waals surface area contributed by atoms with E-state index in [0.717, 1.165) is 12.1 Å². The fourth-order valence-corrected chi connectivity index (χ4v) is 4.70. The highest BCUT2D eigenvalue weighted by atomic mass is 32.2. The topological polar surface area (TPSA) is 77.3 Å². The van der Waals surface area contributed by atoms with Crippen LogP contribution in [0.25, 0.3) is 0 Å². The van der Waals surface area contributed by atoms with Crippen LogP contribution in [0.5, 0.6) is 5.75 Å². The Balaban J connectivity index is 1.47. The van der Waals surface area contributed by atoms with Gasteiger partial charge in [-0.3, -0.25) is 0 Å². The summed E-state index contributed by atoms with van der Waals surface area (Å²) < 4.78 is 34.4. The predicted molar refractivity (Wildman–Crippen MR) is 92.0 cm³/mol. The van der Waals surface area contributed by atoms with Gasteiger partial charge in [-0.05, 0) is 50.5 Å². The van der Waals surface area contributed by atoms with Crippen LogP contribution >= 0.6 is 0 Å². The third-order valence-electron chi connectivity index (χ3n) is 4.80. The molecule has 1 aliphatic heterocycles. The molecule has 1 unspecified atom stereocenters. The third-order valence-corrected chi connectivity index (χ3v) is 6.68. The van der Waals surface area contributed by atoms with E-state index in [-0.39, 0.29) is 6.04 Å². The Morgan fingerprint density at radius 3 is 2.64 bits per heavy atom. The first-order valence-corrected chi connectivity index (χ1v) is 10.2. The van der Waals surface area contributed by atoms with Gasteiger partial charge in [-0.1, -0.05) is 5.21 Å². The molecule has 1 aromatic carbocycles. The number of sulfonamides is 1. The average molecular weight is 362 g/mol. The summed E-state index contributed by atoms with van der Waals surface area (Å²) in [6.45, 7) is 3.39. The van der Waals surface area contributed by atoms with E-state index in [9.17, 15) is 8.42 Å². The highest BCUT2D eigenvalue weighted by Gasteiger charge is 2.35. The molecule has 0 radical (unpaired) electrons. The van der Waals surface area contributed by atoms with Crippen molar-refractivity contribution < 1.29 is 13.2 Å². The summed E-state index contributed by atoms with van der Waals surface area (Å²) in [6, 6.07) is 6.66. The standard InChI is InChI=1S/C17H22N4O3S/c1-2-24-15-5-7-16(8-6-15)25(22,23)20-10-9-14(11-20)21-12-17(18-19-21)13-3-4-13/h5-8,12-14H,2-4,9-11H2,1H3. The van der Waals surface area contributed by atoms with Gasteiger partial charge in [-0.25, -0.2) is 13.1 Å². The number of nitrogens with zero attached hydrogens (tertiary/aromatic N) is 4. The molecule has 0 spiro atoms. The fourth-order valence-electron chi connectivity index (χ4n) is 3.20. The van der Waals surface area contributed by atoms with E-state index in [0.29, 0.717) is 36.3 Å². The van der Waals surface area contributed by atoms with E-state index < -0.39 is 10.0 Å². The molecular formula is C17H22N4O3S. The molecule has 2 aromatic rings. The second-order valence-corrected chi connectivity index (χ2v) is 8.55. The third kappa shape index (κ3) is 3.28. The molecule has 2 fully saturated rings. The lowest BCUT2D eigenvalue weighted by atomic mass is 10.2. The van der Waals surface area contributed by atoms with Gasteiger partial charge in [-0.15, -0.1) is 5.10 Å². The zero-order chi connectivity index (χ0) is 17.4. The van der Waals surface area contributed by atoms with Crippen molar-refractivity contribution in [2.75, 3.05) is 19.7 Å². The lowest BCUT2D eigenvalue weighted by Crippen LogP contribution is -2.29. The van der Waals surface area contributed by atoms with Gasteiger partial charge >= 0.3 is 0 Å². The molecule has 0 amide bonds. The van der Waals surface area contributed by atoms with Gasteiger partial charge in [0.25, 0.3) is 0 Å². The molecule has 1 aliphatic carbocycles.